The highest BCUT2D eigenvalue weighted by molar-refractivity contribution is 5.16. The van der Waals surface area contributed by atoms with E-state index in [1.54, 1.807) is 12.1 Å². The van der Waals surface area contributed by atoms with Gasteiger partial charge in [0.05, 0.1) is 6.10 Å². The standard InChI is InChI=1S/C12H17FO/c1-2-3-4-12(14)9-10-5-7-11(13)8-6-10/h5-8,12,14H,2-4,9H2,1H3/t12-/m0/s1. The van der Waals surface area contributed by atoms with Gasteiger partial charge in [0, 0.05) is 0 Å². The largest absolute Gasteiger partial charge is 0.393 e. The van der Waals surface area contributed by atoms with Crippen LogP contribution in [0.4, 0.5) is 4.39 Å². The van der Waals surface area contributed by atoms with Crippen molar-refractivity contribution in [3.05, 3.63) is 35.6 Å². The minimum atomic E-state index is -0.291. The molecule has 1 atom stereocenters. The predicted molar refractivity (Wildman–Crippen MR) is 55.6 cm³/mol. The van der Waals surface area contributed by atoms with Crippen molar-refractivity contribution in [2.24, 2.45) is 0 Å². The fraction of sp³-hybridized carbons (Fsp3) is 0.500. The van der Waals surface area contributed by atoms with Crippen molar-refractivity contribution in [3.8, 4) is 0 Å². The van der Waals surface area contributed by atoms with Gasteiger partial charge in [0.1, 0.15) is 5.82 Å². The van der Waals surface area contributed by atoms with E-state index in [-0.39, 0.29) is 11.9 Å². The molecule has 0 bridgehead atoms. The van der Waals surface area contributed by atoms with E-state index in [0.29, 0.717) is 6.42 Å². The molecule has 2 heteroatoms. The van der Waals surface area contributed by atoms with Crippen molar-refractivity contribution in [2.45, 2.75) is 38.7 Å². The molecule has 0 aliphatic carbocycles. The van der Waals surface area contributed by atoms with Gasteiger partial charge in [-0.3, -0.25) is 0 Å². The van der Waals surface area contributed by atoms with Crippen molar-refractivity contribution in [3.63, 3.8) is 0 Å². The normalized spacial score (nSPS) is 12.8. The Morgan fingerprint density at radius 2 is 1.93 bits per heavy atom. The third kappa shape index (κ3) is 3.88. The second-order valence-corrected chi connectivity index (χ2v) is 3.63. The van der Waals surface area contributed by atoms with Gasteiger partial charge >= 0.3 is 0 Å². The van der Waals surface area contributed by atoms with Crippen molar-refractivity contribution in [1.82, 2.24) is 0 Å². The molecule has 1 aromatic rings. The number of hydrogen-bond donors (Lipinski definition) is 1. The third-order valence-corrected chi connectivity index (χ3v) is 2.28. The average Bonchev–Trinajstić information content (AvgIpc) is 2.18. The molecule has 14 heavy (non-hydrogen) atoms. The van der Waals surface area contributed by atoms with Crippen molar-refractivity contribution >= 4 is 0 Å². The van der Waals surface area contributed by atoms with Crippen LogP contribution in [0.2, 0.25) is 0 Å². The van der Waals surface area contributed by atoms with Gasteiger partial charge in [0.25, 0.3) is 0 Å². The predicted octanol–water partition coefficient (Wildman–Crippen LogP) is 2.92. The topological polar surface area (TPSA) is 20.2 Å². The van der Waals surface area contributed by atoms with Crippen molar-refractivity contribution < 1.29 is 9.50 Å². The molecule has 0 aromatic heterocycles. The fourth-order valence-corrected chi connectivity index (χ4v) is 1.43. The maximum atomic E-state index is 12.6. The Labute approximate surface area is 84.6 Å². The summed E-state index contributed by atoms with van der Waals surface area (Å²) in [6, 6.07) is 6.32. The number of benzene rings is 1. The summed E-state index contributed by atoms with van der Waals surface area (Å²) in [5, 5.41) is 9.61. The molecule has 0 saturated carbocycles. The number of aliphatic hydroxyl groups is 1. The van der Waals surface area contributed by atoms with Crippen LogP contribution in [0.1, 0.15) is 31.7 Å². The molecule has 0 aliphatic heterocycles. The first kappa shape index (κ1) is 11.2. The van der Waals surface area contributed by atoms with E-state index >= 15 is 0 Å². The van der Waals surface area contributed by atoms with Crippen LogP contribution >= 0.6 is 0 Å². The van der Waals surface area contributed by atoms with E-state index < -0.39 is 0 Å². The molecule has 0 spiro atoms. The van der Waals surface area contributed by atoms with Crippen molar-refractivity contribution in [2.75, 3.05) is 0 Å². The first-order valence-corrected chi connectivity index (χ1v) is 5.15. The number of unbranched alkanes of at least 4 members (excludes halogenated alkanes) is 1. The summed E-state index contributed by atoms with van der Waals surface area (Å²) in [7, 11) is 0. The second kappa shape index (κ2) is 5.76. The maximum absolute atomic E-state index is 12.6. The lowest BCUT2D eigenvalue weighted by Crippen LogP contribution is -2.09. The van der Waals surface area contributed by atoms with Gasteiger partial charge in [-0.1, -0.05) is 31.9 Å². The molecular weight excluding hydrogens is 179 g/mol. The van der Waals surface area contributed by atoms with Crippen molar-refractivity contribution in [1.29, 1.82) is 0 Å². The summed E-state index contributed by atoms with van der Waals surface area (Å²) in [6.45, 7) is 2.10. The van der Waals surface area contributed by atoms with Crippen LogP contribution in [0.3, 0.4) is 0 Å². The first-order chi connectivity index (χ1) is 6.72. The van der Waals surface area contributed by atoms with Crippen LogP contribution < -0.4 is 0 Å². The molecule has 1 aromatic carbocycles. The Bertz CT molecular complexity index is 256. The van der Waals surface area contributed by atoms with E-state index in [1.165, 1.54) is 12.1 Å². The molecule has 0 unspecified atom stereocenters. The summed E-state index contributed by atoms with van der Waals surface area (Å²) in [5.41, 5.74) is 0.995. The highest BCUT2D eigenvalue weighted by Crippen LogP contribution is 2.09. The molecule has 0 fully saturated rings. The zero-order valence-corrected chi connectivity index (χ0v) is 8.54. The van der Waals surface area contributed by atoms with Gasteiger partial charge in [0.15, 0.2) is 0 Å². The molecule has 1 N–H and O–H groups in total. The van der Waals surface area contributed by atoms with Gasteiger partial charge < -0.3 is 5.11 Å². The summed E-state index contributed by atoms with van der Waals surface area (Å²) in [6.07, 6.45) is 3.30. The van der Waals surface area contributed by atoms with Gasteiger partial charge in [0.2, 0.25) is 0 Å². The molecule has 1 nitrogen and oxygen atoms in total. The zero-order chi connectivity index (χ0) is 10.4. The molecule has 78 valence electrons. The number of halogens is 1. The lowest BCUT2D eigenvalue weighted by molar-refractivity contribution is 0.162. The SMILES string of the molecule is CCCC[C@H](O)Cc1ccc(F)cc1. The smallest absolute Gasteiger partial charge is 0.123 e. The summed E-state index contributed by atoms with van der Waals surface area (Å²) >= 11 is 0. The molecular formula is C12H17FO. The average molecular weight is 196 g/mol. The number of rotatable bonds is 5. The minimum absolute atomic E-state index is 0.225. The fourth-order valence-electron chi connectivity index (χ4n) is 1.43. The molecule has 0 radical (unpaired) electrons. The maximum Gasteiger partial charge on any atom is 0.123 e. The van der Waals surface area contributed by atoms with Gasteiger partial charge in [-0.05, 0) is 30.5 Å². The van der Waals surface area contributed by atoms with Gasteiger partial charge in [-0.15, -0.1) is 0 Å². The Hall–Kier alpha value is -0.890. The highest BCUT2D eigenvalue weighted by atomic mass is 19.1. The summed E-state index contributed by atoms with van der Waals surface area (Å²) in [5.74, 6) is -0.225. The van der Waals surface area contributed by atoms with E-state index in [1.807, 2.05) is 0 Å². The Balaban J connectivity index is 2.39. The molecule has 0 saturated heterocycles. The van der Waals surface area contributed by atoms with E-state index in [4.69, 9.17) is 0 Å². The molecule has 1 rings (SSSR count). The first-order valence-electron chi connectivity index (χ1n) is 5.15. The van der Waals surface area contributed by atoms with Crippen LogP contribution in [0.15, 0.2) is 24.3 Å². The number of aliphatic hydroxyl groups excluding tert-OH is 1. The minimum Gasteiger partial charge on any atom is -0.393 e. The van der Waals surface area contributed by atoms with E-state index in [0.717, 1.165) is 24.8 Å². The van der Waals surface area contributed by atoms with E-state index in [9.17, 15) is 9.50 Å². The van der Waals surface area contributed by atoms with Crippen LogP contribution in [-0.4, -0.2) is 11.2 Å². The Morgan fingerprint density at radius 1 is 1.29 bits per heavy atom. The summed E-state index contributed by atoms with van der Waals surface area (Å²) < 4.78 is 12.6. The van der Waals surface area contributed by atoms with Crippen LogP contribution in [-0.2, 0) is 6.42 Å². The number of hydrogen-bond acceptors (Lipinski definition) is 1. The monoisotopic (exact) mass is 196 g/mol. The molecule has 0 aliphatic rings. The van der Waals surface area contributed by atoms with Gasteiger partial charge in [-0.25, -0.2) is 4.39 Å². The third-order valence-electron chi connectivity index (χ3n) is 2.28. The van der Waals surface area contributed by atoms with E-state index in [2.05, 4.69) is 6.92 Å². The lowest BCUT2D eigenvalue weighted by Gasteiger charge is -2.09. The van der Waals surface area contributed by atoms with Crippen LogP contribution in [0, 0.1) is 5.82 Å². The zero-order valence-electron chi connectivity index (χ0n) is 8.54. The Morgan fingerprint density at radius 3 is 2.50 bits per heavy atom. The molecule has 0 amide bonds. The lowest BCUT2D eigenvalue weighted by atomic mass is 10.0. The second-order valence-electron chi connectivity index (χ2n) is 3.63. The highest BCUT2D eigenvalue weighted by Gasteiger charge is 2.04. The quantitative estimate of drug-likeness (QED) is 0.767. The Kier molecular flexibility index (Phi) is 4.60. The molecule has 0 heterocycles. The summed E-state index contributed by atoms with van der Waals surface area (Å²) in [4.78, 5) is 0. The van der Waals surface area contributed by atoms with Crippen LogP contribution in [0.25, 0.3) is 0 Å². The van der Waals surface area contributed by atoms with Gasteiger partial charge in [-0.2, -0.15) is 0 Å². The van der Waals surface area contributed by atoms with Crippen LogP contribution in [0.5, 0.6) is 0 Å².